The fourth-order valence-electron chi connectivity index (χ4n) is 13.5. The Kier molecular flexibility index (Phi) is 39.1. The fourth-order valence-corrected chi connectivity index (χ4v) is 14.2. The lowest BCUT2D eigenvalue weighted by atomic mass is 10.0. The van der Waals surface area contributed by atoms with Crippen molar-refractivity contribution >= 4 is 83.9 Å². The van der Waals surface area contributed by atoms with Crippen molar-refractivity contribution in [1.29, 1.82) is 15.8 Å². The van der Waals surface area contributed by atoms with Crippen LogP contribution in [-0.4, -0.2) is 208 Å². The molecule has 109 heavy (non-hydrogen) atoms. The van der Waals surface area contributed by atoms with Gasteiger partial charge in [0.15, 0.2) is 0 Å². The Morgan fingerprint density at radius 2 is 0.716 bits per heavy atom. The number of carbonyl (C=O) groups excluding carboxylic acids is 4. The molecule has 11 rings (SSSR count). The van der Waals surface area contributed by atoms with Gasteiger partial charge in [-0.1, -0.05) is 50.1 Å². The first-order chi connectivity index (χ1) is 52.7. The number of nitrogens with one attached hydrogen (secondary N) is 2. The molecule has 4 aliphatic heterocycles. The number of hydrogen-bond donors (Lipinski definition) is 3. The van der Waals surface area contributed by atoms with Gasteiger partial charge in [0.05, 0.1) is 34.9 Å². The molecule has 4 amide bonds. The third kappa shape index (κ3) is 28.5. The summed E-state index contributed by atoms with van der Waals surface area (Å²) in [6.07, 6.45) is 8.91. The van der Waals surface area contributed by atoms with Crippen LogP contribution in [0.4, 0.5) is 28.4 Å². The minimum atomic E-state index is 0.0662. The van der Waals surface area contributed by atoms with Gasteiger partial charge >= 0.3 is 0 Å². The molecular formula is C88H117Br2N15O4. The second kappa shape index (κ2) is 47.9. The predicted molar refractivity (Wildman–Crippen MR) is 453 cm³/mol. The molecule has 0 aliphatic carbocycles. The van der Waals surface area contributed by atoms with Gasteiger partial charge in [0.1, 0.15) is 0 Å². The van der Waals surface area contributed by atoms with Crippen LogP contribution in [0.5, 0.6) is 0 Å². The number of carbonyl (C=O) groups is 4. The minimum Gasteiger partial charge on any atom is -0.382 e. The van der Waals surface area contributed by atoms with Crippen molar-refractivity contribution in [3.63, 3.8) is 0 Å². The molecule has 0 saturated carbocycles. The minimum absolute atomic E-state index is 0.0662. The lowest BCUT2D eigenvalue weighted by Gasteiger charge is -2.39. The Morgan fingerprint density at radius 3 is 1.05 bits per heavy atom. The van der Waals surface area contributed by atoms with E-state index in [0.29, 0.717) is 78.2 Å². The molecule has 19 nitrogen and oxygen atoms in total. The summed E-state index contributed by atoms with van der Waals surface area (Å²) in [4.78, 5) is 68.3. The molecule has 4 heterocycles. The van der Waals surface area contributed by atoms with Crippen LogP contribution in [0.2, 0.25) is 0 Å². The number of nitrogens with zero attached hydrogens (tertiary/aromatic N) is 12. The van der Waals surface area contributed by atoms with Gasteiger partial charge in [-0.3, -0.25) is 19.2 Å². The third-order valence-corrected chi connectivity index (χ3v) is 21.3. The molecular weight excluding hydrogens is 1490 g/mol. The molecule has 7 aromatic carbocycles. The number of benzene rings is 7. The van der Waals surface area contributed by atoms with Gasteiger partial charge in [0.2, 0.25) is 0 Å². The second-order valence-corrected chi connectivity index (χ2v) is 29.5. The average Bonchev–Trinajstić information content (AvgIpc) is 0.805. The number of halogens is 2. The summed E-state index contributed by atoms with van der Waals surface area (Å²) < 4.78 is 1.94. The first kappa shape index (κ1) is 88.9. The Bertz CT molecular complexity index is 3980. The topological polar surface area (TPSA) is 219 Å². The van der Waals surface area contributed by atoms with E-state index in [0.717, 1.165) is 140 Å². The van der Waals surface area contributed by atoms with Gasteiger partial charge in [-0.05, 0) is 332 Å². The van der Waals surface area contributed by atoms with Crippen LogP contribution >= 0.6 is 31.9 Å². The quantitative estimate of drug-likeness (QED) is 0.0646. The number of piperidine rings is 4. The maximum absolute atomic E-state index is 12.7. The molecule has 4 aliphatic rings. The first-order valence-electron chi connectivity index (χ1n) is 38.9. The van der Waals surface area contributed by atoms with E-state index in [-0.39, 0.29) is 23.6 Å². The molecule has 0 unspecified atom stereocenters. The van der Waals surface area contributed by atoms with Gasteiger partial charge in [0, 0.05) is 136 Å². The van der Waals surface area contributed by atoms with Crippen LogP contribution in [0.3, 0.4) is 0 Å². The largest absolute Gasteiger partial charge is 0.382 e. The number of hydrogen-bond acceptors (Lipinski definition) is 15. The van der Waals surface area contributed by atoms with E-state index < -0.39 is 0 Å². The van der Waals surface area contributed by atoms with E-state index >= 15 is 0 Å². The number of nitrogens with two attached hydrogens (primary N) is 1. The van der Waals surface area contributed by atoms with Crippen LogP contribution in [0.15, 0.2) is 179 Å². The van der Waals surface area contributed by atoms with Crippen LogP contribution in [0, 0.1) is 34.0 Å². The number of likely N-dealkylation sites (tertiary alicyclic amines) is 3. The normalized spacial score (nSPS) is 14.8. The molecule has 582 valence electrons. The van der Waals surface area contributed by atoms with Crippen LogP contribution in [0.1, 0.15) is 165 Å². The zero-order chi connectivity index (χ0) is 79.2. The number of anilines is 5. The summed E-state index contributed by atoms with van der Waals surface area (Å²) in [6, 6.07) is 62.2. The zero-order valence-electron chi connectivity index (χ0n) is 66.3. The van der Waals surface area contributed by atoms with Crippen molar-refractivity contribution < 1.29 is 19.2 Å². The third-order valence-electron chi connectivity index (χ3n) is 20.3. The average molecular weight is 1610 g/mol. The molecule has 0 spiro atoms. The zero-order valence-corrected chi connectivity index (χ0v) is 69.5. The van der Waals surface area contributed by atoms with Crippen LogP contribution < -0.4 is 26.2 Å². The number of rotatable bonds is 20. The van der Waals surface area contributed by atoms with Crippen molar-refractivity contribution in [3.8, 4) is 18.2 Å². The molecule has 0 atom stereocenters. The van der Waals surface area contributed by atoms with Gasteiger partial charge < -0.3 is 60.5 Å². The van der Waals surface area contributed by atoms with Crippen LogP contribution in [0.25, 0.3) is 0 Å². The number of nitriles is 3. The first-order valence-corrected chi connectivity index (χ1v) is 40.5. The van der Waals surface area contributed by atoms with Crippen molar-refractivity contribution in [2.45, 2.75) is 131 Å². The van der Waals surface area contributed by atoms with Gasteiger partial charge in [-0.2, -0.15) is 15.8 Å². The number of amides is 4. The van der Waals surface area contributed by atoms with Crippen molar-refractivity contribution in [1.82, 2.24) is 39.6 Å². The van der Waals surface area contributed by atoms with E-state index in [1.807, 2.05) is 227 Å². The SMILES string of the molecule is CCN(CC)C(=O)c1ccc(Br)cc1.CCN(CC)C(=O)c1ccc(N(c2cccc(C#N)c2)C2CCN(C)CC2)cc1.CCN(CC)C(=O)c1ccc(N(c2cccc(C#N)c2)C2CCNCC2)cc1.CCN(CC)C(=O)c1ccc(NC2CCN(C)CC2)cc1.CN1CCC(N)CC1.N#Cc1cccc(Br)c1. The van der Waals surface area contributed by atoms with Crippen LogP contribution in [-0.2, 0) is 0 Å². The highest BCUT2D eigenvalue weighted by atomic mass is 79.9. The Labute approximate surface area is 667 Å². The highest BCUT2D eigenvalue weighted by Crippen LogP contribution is 2.35. The standard InChI is InChI=1S/C24H30N4O.C23H28N4O.C17H27N3O.C11H14BrNO.C7H4BrN.C6H14N2/c1-4-27(5-2)24(29)20-9-11-21(12-10-20)28(22-13-15-26(3)16-14-22)23-8-6-7-19(17-23)18-25;1-3-26(4-2)23(28)19-8-10-20(11-9-19)27(21-12-14-25-15-13-21)22-7-5-6-18(16-22)17-24;1-4-20(5-2)17(21)14-6-8-15(9-7-14)18-16-10-12-19(3)13-11-16;1-3-13(4-2)11(14)9-5-7-10(12)8-6-9;8-7-3-1-2-6(4-7)5-9;1-8-4-2-6(7)3-5-8/h6-12,17,22H,4-5,13-16H2,1-3H3;5-11,16,21,25H,3-4,12-15H2,1-2H3;6-9,16,18H,4-5,10-13H2,1-3H3;5-8H,3-4H2,1-2H3;1-4H;6H,2-5,7H2,1H3. The summed E-state index contributed by atoms with van der Waals surface area (Å²) in [6.45, 7) is 30.6. The monoisotopic (exact) mass is 1610 g/mol. The van der Waals surface area contributed by atoms with E-state index in [9.17, 15) is 29.7 Å². The summed E-state index contributed by atoms with van der Waals surface area (Å²) in [5.41, 5.74) is 15.9. The summed E-state index contributed by atoms with van der Waals surface area (Å²) in [5, 5.41) is 34.0. The highest BCUT2D eigenvalue weighted by molar-refractivity contribution is 9.10. The maximum atomic E-state index is 12.7. The summed E-state index contributed by atoms with van der Waals surface area (Å²) >= 11 is 6.59. The lowest BCUT2D eigenvalue weighted by molar-refractivity contribution is 0.0765. The predicted octanol–water partition coefficient (Wildman–Crippen LogP) is 16.2. The Balaban J connectivity index is 0.000000216. The van der Waals surface area contributed by atoms with E-state index in [2.05, 4.69) is 112 Å². The van der Waals surface area contributed by atoms with E-state index in [1.54, 1.807) is 12.1 Å². The second-order valence-electron chi connectivity index (χ2n) is 27.7. The smallest absolute Gasteiger partial charge is 0.253 e. The molecule has 21 heteroatoms. The summed E-state index contributed by atoms with van der Waals surface area (Å²) in [5.74, 6) is 0.351. The summed E-state index contributed by atoms with van der Waals surface area (Å²) in [7, 11) is 6.47. The lowest BCUT2D eigenvalue weighted by Crippen LogP contribution is -2.41. The van der Waals surface area contributed by atoms with Gasteiger partial charge in [-0.15, -0.1) is 0 Å². The van der Waals surface area contributed by atoms with Crippen molar-refractivity contribution in [2.75, 3.05) is 141 Å². The Morgan fingerprint density at radius 1 is 0.404 bits per heavy atom. The maximum Gasteiger partial charge on any atom is 0.253 e. The van der Waals surface area contributed by atoms with E-state index in [1.165, 1.54) is 38.8 Å². The van der Waals surface area contributed by atoms with Gasteiger partial charge in [0.25, 0.3) is 23.6 Å². The van der Waals surface area contributed by atoms with Gasteiger partial charge in [-0.25, -0.2) is 0 Å². The molecule has 4 N–H and O–H groups in total. The Hall–Kier alpha value is -8.95. The van der Waals surface area contributed by atoms with Crippen molar-refractivity contribution in [2.24, 2.45) is 5.73 Å². The molecule has 0 aromatic heterocycles. The van der Waals surface area contributed by atoms with Crippen molar-refractivity contribution in [3.05, 3.63) is 218 Å². The molecule has 0 bridgehead atoms. The highest BCUT2D eigenvalue weighted by Gasteiger charge is 2.28. The van der Waals surface area contributed by atoms with E-state index in [4.69, 9.17) is 11.0 Å². The molecule has 4 saturated heterocycles. The fraction of sp³-hybridized carbons (Fsp3) is 0.443. The molecule has 4 fully saturated rings. The molecule has 7 aromatic rings. The molecule has 0 radical (unpaired) electrons.